The minimum atomic E-state index is -1.79. The Balaban J connectivity index is 1.84. The highest BCUT2D eigenvalue weighted by molar-refractivity contribution is 5.76. The lowest BCUT2D eigenvalue weighted by Gasteiger charge is -2.46. The van der Waals surface area contributed by atoms with Crippen LogP contribution in [0.5, 0.6) is 0 Å². The van der Waals surface area contributed by atoms with E-state index in [2.05, 4.69) is 43.5 Å². The highest BCUT2D eigenvalue weighted by atomic mass is 16.7. The first kappa shape index (κ1) is 51.4. The second-order valence-corrected chi connectivity index (χ2v) is 15.5. The van der Waals surface area contributed by atoms with Gasteiger partial charge in [0.25, 0.3) is 0 Å². The van der Waals surface area contributed by atoms with E-state index >= 15 is 0 Å². The van der Waals surface area contributed by atoms with Gasteiger partial charge in [-0.05, 0) is 51.4 Å². The summed E-state index contributed by atoms with van der Waals surface area (Å²) in [5.74, 6) is -0.257. The van der Waals surface area contributed by atoms with E-state index in [-0.39, 0.29) is 18.9 Å². The molecule has 2 aliphatic rings. The summed E-state index contributed by atoms with van der Waals surface area (Å²) in [7, 11) is 0. The fourth-order valence-corrected chi connectivity index (χ4v) is 6.91. The minimum Gasteiger partial charge on any atom is -0.394 e. The molecule has 14 nitrogen and oxygen atoms in total. The highest BCUT2D eigenvalue weighted by Crippen LogP contribution is 2.30. The summed E-state index contributed by atoms with van der Waals surface area (Å²) >= 11 is 0. The van der Waals surface area contributed by atoms with Crippen molar-refractivity contribution in [2.45, 2.75) is 209 Å². The molecule has 2 rings (SSSR count). The van der Waals surface area contributed by atoms with Gasteiger partial charge in [-0.3, -0.25) is 4.79 Å². The number of carbonyl (C=O) groups excluding carboxylic acids is 1. The Hall–Kier alpha value is -1.79. The molecule has 0 aromatic heterocycles. The zero-order valence-corrected chi connectivity index (χ0v) is 34.6. The molecule has 0 aliphatic carbocycles. The molecule has 9 N–H and O–H groups in total. The van der Waals surface area contributed by atoms with Crippen LogP contribution in [0, 0.1) is 0 Å². The zero-order chi connectivity index (χ0) is 41.8. The quantitative estimate of drug-likeness (QED) is 0.0361. The van der Waals surface area contributed by atoms with Crippen LogP contribution < -0.4 is 5.32 Å². The average molecular weight is 816 g/mol. The molecular formula is C43H77NO13. The maximum Gasteiger partial charge on any atom is 0.220 e. The summed E-state index contributed by atoms with van der Waals surface area (Å²) in [6.45, 7) is 2.63. The van der Waals surface area contributed by atoms with Crippen molar-refractivity contribution < 1.29 is 64.6 Å². The number of aliphatic hydroxyl groups is 8. The standard InChI is InChI=1S/C43H77NO13/c1-3-5-7-9-11-12-13-14-15-16-17-18-19-20-21-23-25-27-35(48)44-31(32(47)26-24-22-10-8-6-4-2)30-54-42-40(53)38(51)41(34(29-46)56-42)57-43-39(52)37(50)36(49)33(28-45)55-43/h11-12,14-15,24,26,31-34,36-43,45-47,49-53H,3-10,13,16-23,25,27-30H2,1-2H3,(H,44,48)/b12-11-,15-14-,26-24+. The second kappa shape index (κ2) is 31.1. The molecule has 0 saturated carbocycles. The number of allylic oxidation sites excluding steroid dienone is 5. The third kappa shape index (κ3) is 19.9. The van der Waals surface area contributed by atoms with Gasteiger partial charge in [-0.25, -0.2) is 0 Å². The lowest BCUT2D eigenvalue weighted by molar-refractivity contribution is -0.359. The summed E-state index contributed by atoms with van der Waals surface area (Å²) < 4.78 is 22.5. The lowest BCUT2D eigenvalue weighted by Crippen LogP contribution is -2.65. The van der Waals surface area contributed by atoms with Crippen molar-refractivity contribution in [3.05, 3.63) is 36.5 Å². The van der Waals surface area contributed by atoms with Gasteiger partial charge < -0.3 is 65.1 Å². The molecule has 1 amide bonds. The van der Waals surface area contributed by atoms with Crippen LogP contribution in [0.15, 0.2) is 36.5 Å². The predicted molar refractivity (Wildman–Crippen MR) is 217 cm³/mol. The Morgan fingerprint density at radius 1 is 0.632 bits per heavy atom. The van der Waals surface area contributed by atoms with E-state index in [1.54, 1.807) is 6.08 Å². The van der Waals surface area contributed by atoms with Crippen LogP contribution in [0.4, 0.5) is 0 Å². The molecule has 0 bridgehead atoms. The van der Waals surface area contributed by atoms with Crippen molar-refractivity contribution in [1.82, 2.24) is 5.32 Å². The average Bonchev–Trinajstić information content (AvgIpc) is 3.21. The van der Waals surface area contributed by atoms with E-state index < -0.39 is 86.8 Å². The fraction of sp³-hybridized carbons (Fsp3) is 0.837. The number of rotatable bonds is 31. The van der Waals surface area contributed by atoms with Gasteiger partial charge >= 0.3 is 0 Å². The molecule has 2 heterocycles. The van der Waals surface area contributed by atoms with Gasteiger partial charge in [-0.1, -0.05) is 115 Å². The van der Waals surface area contributed by atoms with Crippen LogP contribution in [0.25, 0.3) is 0 Å². The molecule has 12 unspecified atom stereocenters. The van der Waals surface area contributed by atoms with Crippen LogP contribution in [0.2, 0.25) is 0 Å². The zero-order valence-electron chi connectivity index (χ0n) is 34.6. The van der Waals surface area contributed by atoms with Crippen LogP contribution in [-0.2, 0) is 23.7 Å². The smallest absolute Gasteiger partial charge is 0.220 e. The van der Waals surface area contributed by atoms with Gasteiger partial charge in [0.2, 0.25) is 5.91 Å². The molecule has 2 fully saturated rings. The number of nitrogens with one attached hydrogen (secondary N) is 1. The number of hydrogen-bond acceptors (Lipinski definition) is 13. The molecule has 2 saturated heterocycles. The Morgan fingerprint density at radius 2 is 1.16 bits per heavy atom. The van der Waals surface area contributed by atoms with E-state index in [4.69, 9.17) is 18.9 Å². The molecule has 0 aromatic carbocycles. The number of carbonyl (C=O) groups is 1. The Labute approximate surface area is 341 Å². The largest absolute Gasteiger partial charge is 0.394 e. The first-order valence-electron chi connectivity index (χ1n) is 21.7. The van der Waals surface area contributed by atoms with Gasteiger partial charge in [-0.15, -0.1) is 0 Å². The topological polar surface area (TPSA) is 228 Å². The Bertz CT molecular complexity index is 1100. The van der Waals surface area contributed by atoms with Crippen molar-refractivity contribution >= 4 is 5.91 Å². The molecule has 14 heteroatoms. The fourth-order valence-electron chi connectivity index (χ4n) is 6.91. The van der Waals surface area contributed by atoms with E-state index in [1.807, 2.05) is 6.08 Å². The van der Waals surface area contributed by atoms with E-state index in [1.165, 1.54) is 38.5 Å². The number of hydrogen-bond donors (Lipinski definition) is 9. The summed E-state index contributed by atoms with van der Waals surface area (Å²) in [4.78, 5) is 13.0. The predicted octanol–water partition coefficient (Wildman–Crippen LogP) is 3.59. The second-order valence-electron chi connectivity index (χ2n) is 15.5. The Morgan fingerprint density at radius 3 is 1.79 bits per heavy atom. The van der Waals surface area contributed by atoms with Crippen molar-refractivity contribution in [2.24, 2.45) is 0 Å². The number of amides is 1. The molecule has 57 heavy (non-hydrogen) atoms. The van der Waals surface area contributed by atoms with E-state index in [9.17, 15) is 45.6 Å². The van der Waals surface area contributed by atoms with Crippen LogP contribution in [0.1, 0.15) is 136 Å². The molecular weight excluding hydrogens is 738 g/mol. The van der Waals surface area contributed by atoms with Crippen molar-refractivity contribution in [1.29, 1.82) is 0 Å². The monoisotopic (exact) mass is 816 g/mol. The number of ether oxygens (including phenoxy) is 4. The lowest BCUT2D eigenvalue weighted by atomic mass is 9.97. The maximum atomic E-state index is 13.0. The molecule has 2 aliphatic heterocycles. The highest BCUT2D eigenvalue weighted by Gasteiger charge is 2.50. The van der Waals surface area contributed by atoms with Crippen LogP contribution in [-0.4, -0.2) is 140 Å². The third-order valence-electron chi connectivity index (χ3n) is 10.6. The summed E-state index contributed by atoms with van der Waals surface area (Å²) in [5, 5.41) is 86.0. The van der Waals surface area contributed by atoms with Gasteiger partial charge in [-0.2, -0.15) is 0 Å². The van der Waals surface area contributed by atoms with Gasteiger partial charge in [0.05, 0.1) is 32.0 Å². The molecule has 0 spiro atoms. The number of aliphatic hydroxyl groups excluding tert-OH is 8. The SMILES string of the molecule is CCCCC/C=C\C/C=C\CCCCCCCCCC(=O)NC(COC1OC(CO)C(OC2OC(CO)C(O)C(O)C2O)C(O)C1O)C(O)/C=C/CCCCCC. The molecule has 0 radical (unpaired) electrons. The minimum absolute atomic E-state index is 0.257. The van der Waals surface area contributed by atoms with E-state index in [0.29, 0.717) is 6.42 Å². The first-order valence-corrected chi connectivity index (χ1v) is 21.7. The van der Waals surface area contributed by atoms with Crippen LogP contribution >= 0.6 is 0 Å². The number of unbranched alkanes of at least 4 members (excludes halogenated alkanes) is 14. The van der Waals surface area contributed by atoms with Gasteiger partial charge in [0, 0.05) is 6.42 Å². The molecule has 12 atom stereocenters. The third-order valence-corrected chi connectivity index (χ3v) is 10.6. The maximum absolute atomic E-state index is 13.0. The summed E-state index contributed by atoms with van der Waals surface area (Å²) in [5.41, 5.74) is 0. The molecule has 332 valence electrons. The van der Waals surface area contributed by atoms with Crippen LogP contribution in [0.3, 0.4) is 0 Å². The Kier molecular flexibility index (Phi) is 28.1. The van der Waals surface area contributed by atoms with Crippen molar-refractivity contribution in [3.63, 3.8) is 0 Å². The van der Waals surface area contributed by atoms with Crippen molar-refractivity contribution in [3.8, 4) is 0 Å². The summed E-state index contributed by atoms with van der Waals surface area (Å²) in [6, 6.07) is -0.913. The normalized spacial score (nSPS) is 29.4. The molecule has 0 aromatic rings. The first-order chi connectivity index (χ1) is 27.6. The van der Waals surface area contributed by atoms with Gasteiger partial charge in [0.15, 0.2) is 12.6 Å². The summed E-state index contributed by atoms with van der Waals surface area (Å²) in [6.07, 6.45) is 15.2. The van der Waals surface area contributed by atoms with Crippen molar-refractivity contribution in [2.75, 3.05) is 19.8 Å². The van der Waals surface area contributed by atoms with E-state index in [0.717, 1.165) is 70.6 Å². The van der Waals surface area contributed by atoms with Gasteiger partial charge in [0.1, 0.15) is 48.8 Å².